The molecule has 0 saturated heterocycles. The first-order valence-electron chi connectivity index (χ1n) is 6.30. The number of hydrogen-bond acceptors (Lipinski definition) is 2. The minimum absolute atomic E-state index is 0.0105. The second kappa shape index (κ2) is 6.57. The van der Waals surface area contributed by atoms with Crippen LogP contribution in [0.25, 0.3) is 0 Å². The van der Waals surface area contributed by atoms with Crippen molar-refractivity contribution in [3.8, 4) is 5.75 Å². The summed E-state index contributed by atoms with van der Waals surface area (Å²) in [5.41, 5.74) is 3.14. The molecule has 0 heterocycles. The average molecular weight is 334 g/mol. The maximum atomic E-state index is 11.8. The van der Waals surface area contributed by atoms with Gasteiger partial charge in [0, 0.05) is 10.2 Å². The average Bonchev–Trinajstić information content (AvgIpc) is 2.41. The van der Waals surface area contributed by atoms with Crippen LogP contribution in [0.5, 0.6) is 5.75 Å². The Morgan fingerprint density at radius 1 is 1.15 bits per heavy atom. The van der Waals surface area contributed by atoms with Gasteiger partial charge < -0.3 is 10.1 Å². The maximum Gasteiger partial charge on any atom is 0.262 e. The van der Waals surface area contributed by atoms with Gasteiger partial charge in [-0.05, 0) is 55.3 Å². The van der Waals surface area contributed by atoms with Crippen molar-refractivity contribution in [1.29, 1.82) is 0 Å². The molecule has 3 nitrogen and oxygen atoms in total. The fourth-order valence-corrected chi connectivity index (χ4v) is 2.10. The molecule has 0 aliphatic rings. The molecule has 0 saturated carbocycles. The number of aryl methyl sites for hydroxylation is 2. The third kappa shape index (κ3) is 4.10. The van der Waals surface area contributed by atoms with E-state index in [1.54, 1.807) is 0 Å². The zero-order chi connectivity index (χ0) is 14.5. The molecule has 2 rings (SSSR count). The Hall–Kier alpha value is -1.81. The molecule has 1 amide bonds. The summed E-state index contributed by atoms with van der Waals surface area (Å²) in [6, 6.07) is 13.2. The highest BCUT2D eigenvalue weighted by atomic mass is 79.9. The molecule has 20 heavy (non-hydrogen) atoms. The Bertz CT molecular complexity index is 626. The number of ether oxygens (including phenoxy) is 1. The number of rotatable bonds is 4. The third-order valence-electron chi connectivity index (χ3n) is 2.96. The number of halogens is 1. The lowest BCUT2D eigenvalue weighted by molar-refractivity contribution is -0.118. The smallest absolute Gasteiger partial charge is 0.262 e. The molecular weight excluding hydrogens is 318 g/mol. The minimum Gasteiger partial charge on any atom is -0.484 e. The first kappa shape index (κ1) is 14.6. The monoisotopic (exact) mass is 333 g/mol. The lowest BCUT2D eigenvalue weighted by atomic mass is 10.1. The highest BCUT2D eigenvalue weighted by Crippen LogP contribution is 2.18. The second-order valence-corrected chi connectivity index (χ2v) is 5.51. The van der Waals surface area contributed by atoms with E-state index in [-0.39, 0.29) is 12.5 Å². The standard InChI is InChI=1S/C16H16BrNO2/c1-11-6-7-14(8-12(11)2)18-16(19)10-20-15-5-3-4-13(17)9-15/h3-9H,10H2,1-2H3,(H,18,19). The molecular formula is C16H16BrNO2. The highest BCUT2D eigenvalue weighted by Gasteiger charge is 2.05. The first-order valence-corrected chi connectivity index (χ1v) is 7.09. The molecule has 0 aliphatic carbocycles. The van der Waals surface area contributed by atoms with Gasteiger partial charge in [-0.2, -0.15) is 0 Å². The quantitative estimate of drug-likeness (QED) is 0.915. The van der Waals surface area contributed by atoms with E-state index in [2.05, 4.69) is 21.2 Å². The van der Waals surface area contributed by atoms with E-state index >= 15 is 0 Å². The molecule has 0 bridgehead atoms. The molecule has 4 heteroatoms. The molecule has 0 aliphatic heterocycles. The van der Waals surface area contributed by atoms with Crippen molar-refractivity contribution >= 4 is 27.5 Å². The topological polar surface area (TPSA) is 38.3 Å². The van der Waals surface area contributed by atoms with Crippen molar-refractivity contribution in [2.75, 3.05) is 11.9 Å². The fraction of sp³-hybridized carbons (Fsp3) is 0.188. The number of carbonyl (C=O) groups is 1. The van der Waals surface area contributed by atoms with Crippen molar-refractivity contribution in [2.24, 2.45) is 0 Å². The van der Waals surface area contributed by atoms with Crippen LogP contribution in [0, 0.1) is 13.8 Å². The number of amides is 1. The molecule has 0 unspecified atom stereocenters. The van der Waals surface area contributed by atoms with Crippen molar-refractivity contribution in [3.05, 3.63) is 58.1 Å². The fourth-order valence-electron chi connectivity index (χ4n) is 1.72. The zero-order valence-corrected chi connectivity index (χ0v) is 13.0. The van der Waals surface area contributed by atoms with Gasteiger partial charge in [0.05, 0.1) is 0 Å². The molecule has 0 atom stereocenters. The van der Waals surface area contributed by atoms with E-state index in [1.807, 2.05) is 56.3 Å². The normalized spacial score (nSPS) is 10.2. The molecule has 1 N–H and O–H groups in total. The van der Waals surface area contributed by atoms with Crippen LogP contribution in [0.3, 0.4) is 0 Å². The van der Waals surface area contributed by atoms with Crippen LogP contribution in [0.1, 0.15) is 11.1 Å². The van der Waals surface area contributed by atoms with Crippen molar-refractivity contribution < 1.29 is 9.53 Å². The van der Waals surface area contributed by atoms with Crippen molar-refractivity contribution in [3.63, 3.8) is 0 Å². The summed E-state index contributed by atoms with van der Waals surface area (Å²) in [6.45, 7) is 4.05. The number of benzene rings is 2. The van der Waals surface area contributed by atoms with Gasteiger partial charge in [-0.15, -0.1) is 0 Å². The zero-order valence-electron chi connectivity index (χ0n) is 11.4. The summed E-state index contributed by atoms with van der Waals surface area (Å²) in [6.07, 6.45) is 0. The number of hydrogen-bond donors (Lipinski definition) is 1. The summed E-state index contributed by atoms with van der Waals surface area (Å²) < 4.78 is 6.35. The van der Waals surface area contributed by atoms with Gasteiger partial charge in [-0.1, -0.05) is 28.1 Å². The second-order valence-electron chi connectivity index (χ2n) is 4.59. The van der Waals surface area contributed by atoms with Crippen molar-refractivity contribution in [2.45, 2.75) is 13.8 Å². The molecule has 0 fully saturated rings. The summed E-state index contributed by atoms with van der Waals surface area (Å²) in [4.78, 5) is 11.8. The van der Waals surface area contributed by atoms with Crippen LogP contribution in [0.4, 0.5) is 5.69 Å². The van der Waals surface area contributed by atoms with Gasteiger partial charge in [-0.3, -0.25) is 4.79 Å². The summed E-state index contributed by atoms with van der Waals surface area (Å²) in [5.74, 6) is 0.489. The maximum absolute atomic E-state index is 11.8. The third-order valence-corrected chi connectivity index (χ3v) is 3.45. The molecule has 0 spiro atoms. The number of carbonyl (C=O) groups excluding carboxylic acids is 1. The molecule has 104 valence electrons. The largest absolute Gasteiger partial charge is 0.484 e. The van der Waals surface area contributed by atoms with Crippen LogP contribution < -0.4 is 10.1 Å². The van der Waals surface area contributed by atoms with Gasteiger partial charge in [-0.25, -0.2) is 0 Å². The van der Waals surface area contributed by atoms with Crippen LogP contribution >= 0.6 is 15.9 Å². The predicted octanol–water partition coefficient (Wildman–Crippen LogP) is 4.08. The molecule has 0 aromatic heterocycles. The number of anilines is 1. The highest BCUT2D eigenvalue weighted by molar-refractivity contribution is 9.10. The number of nitrogens with one attached hydrogen (secondary N) is 1. The van der Waals surface area contributed by atoms with Gasteiger partial charge in [0.2, 0.25) is 0 Å². The van der Waals surface area contributed by atoms with Gasteiger partial charge >= 0.3 is 0 Å². The van der Waals surface area contributed by atoms with E-state index < -0.39 is 0 Å². The van der Waals surface area contributed by atoms with Crippen LogP contribution in [0.15, 0.2) is 46.9 Å². The van der Waals surface area contributed by atoms with E-state index in [4.69, 9.17) is 4.74 Å². The summed E-state index contributed by atoms with van der Waals surface area (Å²) >= 11 is 3.36. The Kier molecular flexibility index (Phi) is 4.79. The Labute approximate surface area is 127 Å². The summed E-state index contributed by atoms with van der Waals surface area (Å²) in [7, 11) is 0. The Morgan fingerprint density at radius 2 is 1.95 bits per heavy atom. The van der Waals surface area contributed by atoms with Gasteiger partial charge in [0.15, 0.2) is 6.61 Å². The lowest BCUT2D eigenvalue weighted by Gasteiger charge is -2.09. The van der Waals surface area contributed by atoms with Gasteiger partial charge in [0.1, 0.15) is 5.75 Å². The summed E-state index contributed by atoms with van der Waals surface area (Å²) in [5, 5.41) is 2.82. The van der Waals surface area contributed by atoms with E-state index in [0.29, 0.717) is 5.75 Å². The van der Waals surface area contributed by atoms with Gasteiger partial charge in [0.25, 0.3) is 5.91 Å². The van der Waals surface area contributed by atoms with E-state index in [0.717, 1.165) is 15.7 Å². The molecule has 2 aromatic carbocycles. The molecule has 0 radical (unpaired) electrons. The SMILES string of the molecule is Cc1ccc(NC(=O)COc2cccc(Br)c2)cc1C. The lowest BCUT2D eigenvalue weighted by Crippen LogP contribution is -2.20. The van der Waals surface area contributed by atoms with Crippen molar-refractivity contribution in [1.82, 2.24) is 0 Å². The first-order chi connectivity index (χ1) is 9.54. The van der Waals surface area contributed by atoms with Crippen LogP contribution in [-0.2, 0) is 4.79 Å². The van der Waals surface area contributed by atoms with E-state index in [9.17, 15) is 4.79 Å². The van der Waals surface area contributed by atoms with E-state index in [1.165, 1.54) is 5.56 Å². The Balaban J connectivity index is 1.91. The minimum atomic E-state index is -0.173. The predicted molar refractivity (Wildman–Crippen MR) is 84.2 cm³/mol. The van der Waals surface area contributed by atoms with Crippen LogP contribution in [0.2, 0.25) is 0 Å². The molecule has 2 aromatic rings. The Morgan fingerprint density at radius 3 is 2.65 bits per heavy atom. The van der Waals surface area contributed by atoms with Crippen LogP contribution in [-0.4, -0.2) is 12.5 Å².